The Morgan fingerprint density at radius 3 is 2.32 bits per heavy atom. The number of anilines is 3. The molecule has 1 aliphatic heterocycles. The normalized spacial score (nSPS) is 20.9. The van der Waals surface area contributed by atoms with Gasteiger partial charge in [0.2, 0.25) is 0 Å². The minimum atomic E-state index is 0.336. The molecule has 3 nitrogen and oxygen atoms in total. The van der Waals surface area contributed by atoms with Gasteiger partial charge in [0.15, 0.2) is 0 Å². The van der Waals surface area contributed by atoms with E-state index in [9.17, 15) is 0 Å². The summed E-state index contributed by atoms with van der Waals surface area (Å²) < 4.78 is 0. The van der Waals surface area contributed by atoms with E-state index in [4.69, 9.17) is 4.98 Å². The van der Waals surface area contributed by atoms with E-state index in [0.29, 0.717) is 12.2 Å². The standard InChI is InChI=1S/C22H29N3/c1-15-14-16(2)23-17(3)22(15)25-18(4)24(19-10-6-5-7-11-19)20-12-8-9-13-21(20)25/h8-9,12-14,18-19H,5-7,10-11H2,1-4H3/t18-/m1/s1. The smallest absolute Gasteiger partial charge is 0.104 e. The second-order valence-corrected chi connectivity index (χ2v) is 7.70. The molecule has 1 fully saturated rings. The Bertz CT molecular complexity index is 754. The molecule has 1 aliphatic carbocycles. The molecule has 0 amide bonds. The molecule has 0 N–H and O–H groups in total. The molecule has 132 valence electrons. The number of benzene rings is 1. The predicted molar refractivity (Wildman–Crippen MR) is 106 cm³/mol. The van der Waals surface area contributed by atoms with Gasteiger partial charge in [0, 0.05) is 11.7 Å². The fraction of sp³-hybridized carbons (Fsp3) is 0.500. The number of aryl methyl sites for hydroxylation is 3. The van der Waals surface area contributed by atoms with E-state index in [1.807, 2.05) is 0 Å². The maximum atomic E-state index is 4.76. The molecule has 1 aromatic carbocycles. The molecule has 0 spiro atoms. The number of fused-ring (bicyclic) bond motifs is 1. The maximum Gasteiger partial charge on any atom is 0.104 e. The van der Waals surface area contributed by atoms with Crippen LogP contribution in [0.3, 0.4) is 0 Å². The topological polar surface area (TPSA) is 19.4 Å². The van der Waals surface area contributed by atoms with Crippen molar-refractivity contribution in [1.29, 1.82) is 0 Å². The third-order valence-electron chi connectivity index (χ3n) is 5.89. The quantitative estimate of drug-likeness (QED) is 0.707. The number of hydrogen-bond donors (Lipinski definition) is 0. The lowest BCUT2D eigenvalue weighted by Crippen LogP contribution is -2.46. The maximum absolute atomic E-state index is 4.76. The summed E-state index contributed by atoms with van der Waals surface area (Å²) in [7, 11) is 0. The van der Waals surface area contributed by atoms with Crippen LogP contribution in [0.1, 0.15) is 56.0 Å². The average molecular weight is 335 g/mol. The predicted octanol–water partition coefficient (Wildman–Crippen LogP) is 5.64. The minimum absolute atomic E-state index is 0.336. The van der Waals surface area contributed by atoms with Crippen molar-refractivity contribution in [3.63, 3.8) is 0 Å². The van der Waals surface area contributed by atoms with Crippen LogP contribution in [0.5, 0.6) is 0 Å². The van der Waals surface area contributed by atoms with Gasteiger partial charge in [-0.3, -0.25) is 4.98 Å². The van der Waals surface area contributed by atoms with E-state index in [0.717, 1.165) is 11.4 Å². The summed E-state index contributed by atoms with van der Waals surface area (Å²) in [6.45, 7) is 8.80. The van der Waals surface area contributed by atoms with Gasteiger partial charge in [-0.15, -0.1) is 0 Å². The highest BCUT2D eigenvalue weighted by Gasteiger charge is 2.38. The lowest BCUT2D eigenvalue weighted by molar-refractivity contribution is 0.400. The third kappa shape index (κ3) is 2.70. The van der Waals surface area contributed by atoms with E-state index in [-0.39, 0.29) is 0 Å². The van der Waals surface area contributed by atoms with Crippen LogP contribution in [-0.2, 0) is 0 Å². The van der Waals surface area contributed by atoms with Gasteiger partial charge >= 0.3 is 0 Å². The van der Waals surface area contributed by atoms with Crippen LogP contribution in [0.2, 0.25) is 0 Å². The zero-order valence-corrected chi connectivity index (χ0v) is 15.9. The van der Waals surface area contributed by atoms with E-state index in [1.54, 1.807) is 0 Å². The van der Waals surface area contributed by atoms with Gasteiger partial charge in [-0.05, 0) is 64.3 Å². The zero-order valence-electron chi connectivity index (χ0n) is 15.9. The van der Waals surface area contributed by atoms with Crippen LogP contribution in [0.4, 0.5) is 17.1 Å². The molecular weight excluding hydrogens is 306 g/mol. The SMILES string of the molecule is Cc1cc(C)c(N2c3ccccc3N(C3CCCCC3)[C@H]2C)c(C)n1. The summed E-state index contributed by atoms with van der Waals surface area (Å²) in [5.41, 5.74) is 7.55. The number of pyridine rings is 1. The summed E-state index contributed by atoms with van der Waals surface area (Å²) in [6.07, 6.45) is 7.08. The van der Waals surface area contributed by atoms with Crippen LogP contribution in [0.25, 0.3) is 0 Å². The first-order valence-corrected chi connectivity index (χ1v) is 9.69. The monoisotopic (exact) mass is 335 g/mol. The van der Waals surface area contributed by atoms with Crippen molar-refractivity contribution >= 4 is 17.1 Å². The Balaban J connectivity index is 1.82. The number of hydrogen-bond acceptors (Lipinski definition) is 3. The first-order chi connectivity index (χ1) is 12.1. The highest BCUT2D eigenvalue weighted by Crippen LogP contribution is 2.47. The van der Waals surface area contributed by atoms with Crippen LogP contribution >= 0.6 is 0 Å². The van der Waals surface area contributed by atoms with Gasteiger partial charge in [0.05, 0.1) is 22.8 Å². The molecule has 3 heteroatoms. The Kier molecular flexibility index (Phi) is 4.18. The molecule has 4 rings (SSSR count). The van der Waals surface area contributed by atoms with Crippen molar-refractivity contribution in [3.05, 3.63) is 47.3 Å². The molecule has 1 saturated carbocycles. The molecule has 0 saturated heterocycles. The minimum Gasteiger partial charge on any atom is -0.346 e. The molecule has 0 bridgehead atoms. The number of rotatable bonds is 2. The van der Waals surface area contributed by atoms with E-state index < -0.39 is 0 Å². The second kappa shape index (κ2) is 6.36. The lowest BCUT2D eigenvalue weighted by Gasteiger charge is -2.38. The van der Waals surface area contributed by atoms with Gasteiger partial charge in [0.25, 0.3) is 0 Å². The summed E-state index contributed by atoms with van der Waals surface area (Å²) >= 11 is 0. The summed E-state index contributed by atoms with van der Waals surface area (Å²) in [6, 6.07) is 11.8. The molecule has 25 heavy (non-hydrogen) atoms. The number of nitrogens with zero attached hydrogens (tertiary/aromatic N) is 3. The van der Waals surface area contributed by atoms with Crippen molar-refractivity contribution < 1.29 is 0 Å². The van der Waals surface area contributed by atoms with Crippen LogP contribution in [-0.4, -0.2) is 17.2 Å². The van der Waals surface area contributed by atoms with E-state index >= 15 is 0 Å². The first-order valence-electron chi connectivity index (χ1n) is 9.69. The van der Waals surface area contributed by atoms with Gasteiger partial charge in [-0.2, -0.15) is 0 Å². The fourth-order valence-electron chi connectivity index (χ4n) is 4.96. The molecule has 1 atom stereocenters. The third-order valence-corrected chi connectivity index (χ3v) is 5.89. The molecule has 1 aromatic heterocycles. The molecular formula is C22H29N3. The molecule has 2 aromatic rings. The Labute approximate surface area is 151 Å². The molecule has 2 heterocycles. The van der Waals surface area contributed by atoms with Crippen LogP contribution in [0, 0.1) is 20.8 Å². The zero-order chi connectivity index (χ0) is 17.6. The van der Waals surface area contributed by atoms with Gasteiger partial charge in [0.1, 0.15) is 6.17 Å². The average Bonchev–Trinajstić information content (AvgIpc) is 2.87. The van der Waals surface area contributed by atoms with Crippen LogP contribution in [0.15, 0.2) is 30.3 Å². The Morgan fingerprint density at radius 2 is 1.64 bits per heavy atom. The van der Waals surface area contributed by atoms with E-state index in [2.05, 4.69) is 67.8 Å². The van der Waals surface area contributed by atoms with Crippen molar-refractivity contribution in [2.45, 2.75) is 72.0 Å². The van der Waals surface area contributed by atoms with Crippen LogP contribution < -0.4 is 9.80 Å². The lowest BCUT2D eigenvalue weighted by atomic mass is 9.93. The summed E-state index contributed by atoms with van der Waals surface area (Å²) in [4.78, 5) is 9.95. The first kappa shape index (κ1) is 16.4. The largest absolute Gasteiger partial charge is 0.346 e. The molecule has 2 aliphatic rings. The summed E-state index contributed by atoms with van der Waals surface area (Å²) in [5.74, 6) is 0. The van der Waals surface area contributed by atoms with Gasteiger partial charge in [-0.1, -0.05) is 31.4 Å². The fourth-order valence-corrected chi connectivity index (χ4v) is 4.96. The number of aromatic nitrogens is 1. The van der Waals surface area contributed by atoms with Gasteiger partial charge < -0.3 is 9.80 Å². The van der Waals surface area contributed by atoms with E-state index in [1.165, 1.54) is 54.7 Å². The summed E-state index contributed by atoms with van der Waals surface area (Å²) in [5, 5.41) is 0. The van der Waals surface area contributed by atoms with Crippen molar-refractivity contribution in [2.24, 2.45) is 0 Å². The van der Waals surface area contributed by atoms with Crippen molar-refractivity contribution in [2.75, 3.05) is 9.80 Å². The highest BCUT2D eigenvalue weighted by atomic mass is 15.4. The van der Waals surface area contributed by atoms with Crippen molar-refractivity contribution in [3.8, 4) is 0 Å². The highest BCUT2D eigenvalue weighted by molar-refractivity contribution is 5.85. The van der Waals surface area contributed by atoms with Crippen molar-refractivity contribution in [1.82, 2.24) is 4.98 Å². The molecule has 0 unspecified atom stereocenters. The Morgan fingerprint density at radius 1 is 0.960 bits per heavy atom. The van der Waals surface area contributed by atoms with Gasteiger partial charge in [-0.25, -0.2) is 0 Å². The second-order valence-electron chi connectivity index (χ2n) is 7.70. The molecule has 0 radical (unpaired) electrons. The number of para-hydroxylation sites is 2. The Hall–Kier alpha value is -2.03.